The number of nitrogens with zero attached hydrogens (tertiary/aromatic N) is 1. The van der Waals surface area contributed by atoms with Crippen molar-refractivity contribution in [1.29, 1.82) is 5.41 Å². The molecule has 1 saturated heterocycles. The van der Waals surface area contributed by atoms with E-state index in [1.54, 1.807) is 11.0 Å². The maximum Gasteiger partial charge on any atom is 0.410 e. The molecule has 2 aliphatic rings. The third kappa shape index (κ3) is 4.45. The first kappa shape index (κ1) is 16.8. The van der Waals surface area contributed by atoms with Gasteiger partial charge in [0.2, 0.25) is 0 Å². The predicted molar refractivity (Wildman–Crippen MR) is 90.1 cm³/mol. The van der Waals surface area contributed by atoms with E-state index in [1.165, 1.54) is 0 Å². The maximum atomic E-state index is 11.9. The smallest absolute Gasteiger partial charge is 0.410 e. The van der Waals surface area contributed by atoms with Crippen LogP contribution in [0.1, 0.15) is 33.6 Å². The van der Waals surface area contributed by atoms with Gasteiger partial charge in [-0.15, -0.1) is 0 Å². The molecule has 1 heterocycles. The molecule has 2 N–H and O–H groups in total. The highest BCUT2D eigenvalue weighted by atomic mass is 79.9. The molecule has 1 amide bonds. The maximum absolute atomic E-state index is 11.9. The number of amides is 1. The van der Waals surface area contributed by atoms with Gasteiger partial charge in [-0.3, -0.25) is 5.41 Å². The van der Waals surface area contributed by atoms with E-state index in [9.17, 15) is 4.79 Å². The Morgan fingerprint density at radius 2 is 1.95 bits per heavy atom. The van der Waals surface area contributed by atoms with Gasteiger partial charge in [0.15, 0.2) is 0 Å². The molecule has 0 radical (unpaired) electrons. The van der Waals surface area contributed by atoms with Gasteiger partial charge < -0.3 is 15.0 Å². The first-order valence-corrected chi connectivity index (χ1v) is 8.53. The van der Waals surface area contributed by atoms with Crippen LogP contribution in [0.5, 0.6) is 0 Å². The Kier molecular flexibility index (Phi) is 4.73. The highest BCUT2D eigenvalue weighted by molar-refractivity contribution is 9.18. The zero-order chi connectivity index (χ0) is 15.8. The molecule has 5 nitrogen and oxygen atoms in total. The highest BCUT2D eigenvalue weighted by Crippen LogP contribution is 2.49. The molecule has 0 aromatic heterocycles. The number of carbonyl (C=O) groups is 1. The number of hydrogen-bond donors (Lipinski definition) is 2. The van der Waals surface area contributed by atoms with E-state index in [-0.39, 0.29) is 11.5 Å². The van der Waals surface area contributed by atoms with Gasteiger partial charge in [0.05, 0.1) is 9.23 Å². The van der Waals surface area contributed by atoms with Crippen LogP contribution in [0.4, 0.5) is 4.79 Å². The minimum absolute atomic E-state index is 0.210. The van der Waals surface area contributed by atoms with Crippen LogP contribution in [0, 0.1) is 10.8 Å². The molecule has 0 atom stereocenters. The van der Waals surface area contributed by atoms with E-state index in [2.05, 4.69) is 37.2 Å². The monoisotopic (exact) mass is 421 g/mol. The number of halogens is 2. The molecule has 0 bridgehead atoms. The van der Waals surface area contributed by atoms with Gasteiger partial charge in [-0.1, -0.05) is 0 Å². The van der Waals surface area contributed by atoms with Crippen molar-refractivity contribution in [3.05, 3.63) is 10.7 Å². The molecule has 1 saturated carbocycles. The summed E-state index contributed by atoms with van der Waals surface area (Å²) in [6.45, 7) is 7.23. The van der Waals surface area contributed by atoms with Crippen LogP contribution in [0.3, 0.4) is 0 Å². The Morgan fingerprint density at radius 3 is 2.43 bits per heavy atom. The molecule has 0 aromatic carbocycles. The molecule has 1 spiro atoms. The Bertz CT molecular complexity index is 471. The minimum atomic E-state index is -0.431. The third-order valence-corrected chi connectivity index (χ3v) is 4.35. The molecule has 2 fully saturated rings. The Balaban J connectivity index is 1.72. The van der Waals surface area contributed by atoms with E-state index in [4.69, 9.17) is 10.1 Å². The van der Waals surface area contributed by atoms with E-state index in [1.807, 2.05) is 20.8 Å². The molecule has 118 valence electrons. The average molecular weight is 423 g/mol. The van der Waals surface area contributed by atoms with E-state index >= 15 is 0 Å². The second kappa shape index (κ2) is 5.91. The Labute approximate surface area is 142 Å². The number of rotatable bonds is 3. The largest absolute Gasteiger partial charge is 0.444 e. The molecule has 0 aromatic rings. The quantitative estimate of drug-likeness (QED) is 0.539. The lowest BCUT2D eigenvalue weighted by Gasteiger charge is -2.58. The summed E-state index contributed by atoms with van der Waals surface area (Å²) in [4.78, 5) is 13.7. The number of nitrogens with one attached hydrogen (secondary N) is 2. The van der Waals surface area contributed by atoms with Gasteiger partial charge in [0.1, 0.15) is 5.60 Å². The number of hydrogen-bond acceptors (Lipinski definition) is 4. The van der Waals surface area contributed by atoms with E-state index in [0.29, 0.717) is 10.7 Å². The minimum Gasteiger partial charge on any atom is -0.444 e. The van der Waals surface area contributed by atoms with Crippen LogP contribution in [-0.2, 0) is 4.74 Å². The zero-order valence-electron chi connectivity index (χ0n) is 12.5. The van der Waals surface area contributed by atoms with Crippen molar-refractivity contribution in [1.82, 2.24) is 10.2 Å². The summed E-state index contributed by atoms with van der Waals surface area (Å²) in [5.41, 5.74) is -0.164. The van der Waals surface area contributed by atoms with Gasteiger partial charge in [-0.2, -0.15) is 0 Å². The van der Waals surface area contributed by atoms with Gasteiger partial charge in [-0.25, -0.2) is 4.79 Å². The highest BCUT2D eigenvalue weighted by Gasteiger charge is 2.54. The second-order valence-corrected chi connectivity index (χ2v) is 8.63. The summed E-state index contributed by atoms with van der Waals surface area (Å²) in [6, 6.07) is 0.406. The fraction of sp³-hybridized carbons (Fsp3) is 0.714. The SMILES string of the molecule is CC(C)(C)OC(=O)N1CC2(CC(N/C(Br)=C\C(=N)Br)C2)C1. The topological polar surface area (TPSA) is 65.4 Å². The summed E-state index contributed by atoms with van der Waals surface area (Å²) in [5.74, 6) is 0. The molecular formula is C14H21Br2N3O2. The van der Waals surface area contributed by atoms with Gasteiger partial charge in [0.25, 0.3) is 0 Å². The normalized spacial score (nSPS) is 21.6. The zero-order valence-corrected chi connectivity index (χ0v) is 15.7. The number of carbonyl (C=O) groups excluding carboxylic acids is 1. The fourth-order valence-electron chi connectivity index (χ4n) is 2.91. The molecule has 1 aliphatic carbocycles. The van der Waals surface area contributed by atoms with Crippen molar-refractivity contribution in [2.75, 3.05) is 13.1 Å². The number of likely N-dealkylation sites (tertiary alicyclic amines) is 1. The third-order valence-electron chi connectivity index (χ3n) is 3.66. The van der Waals surface area contributed by atoms with Crippen LogP contribution in [0.25, 0.3) is 0 Å². The van der Waals surface area contributed by atoms with Crippen LogP contribution in [0.2, 0.25) is 0 Å². The lowest BCUT2D eigenvalue weighted by molar-refractivity contribution is -0.0809. The van der Waals surface area contributed by atoms with E-state index in [0.717, 1.165) is 30.5 Å². The lowest BCUT2D eigenvalue weighted by atomic mass is 9.61. The van der Waals surface area contributed by atoms with Crippen LogP contribution >= 0.6 is 31.9 Å². The first-order chi connectivity index (χ1) is 9.58. The molecule has 7 heteroatoms. The van der Waals surface area contributed by atoms with Crippen molar-refractivity contribution in [3.8, 4) is 0 Å². The summed E-state index contributed by atoms with van der Waals surface area (Å²) in [7, 11) is 0. The molecule has 2 rings (SSSR count). The Morgan fingerprint density at radius 1 is 1.38 bits per heavy atom. The fourth-order valence-corrected chi connectivity index (χ4v) is 4.00. The number of ether oxygens (including phenoxy) is 1. The standard InChI is InChI=1S/C14H21Br2N3O2/c1-13(2,3)21-12(20)19-7-14(8-19)5-9(6-14)18-11(16)4-10(15)17/h4,9,17-18H,5-8H2,1-3H3/b11-4-,17-10?. The van der Waals surface area contributed by atoms with E-state index < -0.39 is 5.60 Å². The van der Waals surface area contributed by atoms with Crippen molar-refractivity contribution >= 4 is 42.6 Å². The molecule has 0 unspecified atom stereocenters. The van der Waals surface area contributed by atoms with Crippen molar-refractivity contribution in [3.63, 3.8) is 0 Å². The second-order valence-electron chi connectivity index (χ2n) is 6.93. The van der Waals surface area contributed by atoms with Crippen LogP contribution < -0.4 is 5.32 Å². The summed E-state index contributed by atoms with van der Waals surface area (Å²) in [6.07, 6.45) is 3.56. The van der Waals surface area contributed by atoms with Crippen LogP contribution in [-0.4, -0.2) is 40.3 Å². The van der Waals surface area contributed by atoms with Crippen LogP contribution in [0.15, 0.2) is 10.7 Å². The summed E-state index contributed by atoms with van der Waals surface area (Å²) in [5, 5.41) is 10.7. The Hall–Kier alpha value is -0.560. The first-order valence-electron chi connectivity index (χ1n) is 6.94. The van der Waals surface area contributed by atoms with Gasteiger partial charge >= 0.3 is 6.09 Å². The van der Waals surface area contributed by atoms with Crippen molar-refractivity contribution in [2.45, 2.75) is 45.3 Å². The lowest BCUT2D eigenvalue weighted by Crippen LogP contribution is -2.67. The average Bonchev–Trinajstić information content (AvgIpc) is 2.14. The number of allylic oxidation sites excluding steroid dienone is 1. The summed E-state index contributed by atoms with van der Waals surface area (Å²) >= 11 is 6.47. The summed E-state index contributed by atoms with van der Waals surface area (Å²) < 4.78 is 6.51. The molecule has 1 aliphatic heterocycles. The van der Waals surface area contributed by atoms with Crippen molar-refractivity contribution < 1.29 is 9.53 Å². The molecule has 21 heavy (non-hydrogen) atoms. The van der Waals surface area contributed by atoms with Gasteiger partial charge in [0, 0.05) is 30.6 Å². The van der Waals surface area contributed by atoms with Crippen molar-refractivity contribution in [2.24, 2.45) is 5.41 Å². The van der Waals surface area contributed by atoms with Gasteiger partial charge in [-0.05, 0) is 65.5 Å². The predicted octanol–water partition coefficient (Wildman–Crippen LogP) is 3.58. The molecular weight excluding hydrogens is 402 g/mol.